The summed E-state index contributed by atoms with van der Waals surface area (Å²) in [7, 11) is -3.16. The van der Waals surface area contributed by atoms with Crippen molar-refractivity contribution in [3.05, 3.63) is 0 Å². The first-order valence-electron chi connectivity index (χ1n) is 5.75. The second-order valence-corrected chi connectivity index (χ2v) is 6.44. The van der Waals surface area contributed by atoms with Crippen LogP contribution in [0, 0.1) is 0 Å². The van der Waals surface area contributed by atoms with Gasteiger partial charge in [-0.25, -0.2) is 8.42 Å². The van der Waals surface area contributed by atoms with Gasteiger partial charge < -0.3 is 10.1 Å². The normalized spacial score (nSPS) is 22.5. The van der Waals surface area contributed by atoms with Gasteiger partial charge >= 0.3 is 0 Å². The highest BCUT2D eigenvalue weighted by Crippen LogP contribution is 2.10. The van der Waals surface area contributed by atoms with Crippen LogP contribution < -0.4 is 5.32 Å². The van der Waals surface area contributed by atoms with Gasteiger partial charge in [-0.15, -0.1) is 12.4 Å². The summed E-state index contributed by atoms with van der Waals surface area (Å²) in [6.07, 6.45) is 0.0793. The number of nitrogens with zero attached hydrogens (tertiary/aromatic N) is 1. The van der Waals surface area contributed by atoms with Crippen LogP contribution in [-0.4, -0.2) is 56.9 Å². The number of piperazine rings is 1. The predicted octanol–water partition coefficient (Wildman–Crippen LogP) is 0.457. The molecule has 1 atom stereocenters. The monoisotopic (exact) mass is 286 g/mol. The van der Waals surface area contributed by atoms with Crippen LogP contribution in [0.2, 0.25) is 0 Å². The van der Waals surface area contributed by atoms with Gasteiger partial charge in [0, 0.05) is 25.7 Å². The topological polar surface area (TPSA) is 58.6 Å². The molecule has 1 aliphatic rings. The molecule has 1 saturated heterocycles. The van der Waals surface area contributed by atoms with E-state index in [1.54, 1.807) is 4.31 Å². The van der Waals surface area contributed by atoms with Crippen molar-refractivity contribution in [2.75, 3.05) is 32.0 Å². The highest BCUT2D eigenvalue weighted by atomic mass is 35.5. The number of ether oxygens (including phenoxy) is 1. The number of halogens is 1. The first kappa shape index (κ1) is 17.1. The molecular weight excluding hydrogens is 264 g/mol. The molecule has 0 aromatic carbocycles. The van der Waals surface area contributed by atoms with Gasteiger partial charge in [-0.05, 0) is 20.8 Å². The third-order valence-electron chi connectivity index (χ3n) is 2.59. The van der Waals surface area contributed by atoms with Crippen LogP contribution in [0.15, 0.2) is 0 Å². The van der Waals surface area contributed by atoms with Gasteiger partial charge in [0.1, 0.15) is 0 Å². The summed E-state index contributed by atoms with van der Waals surface area (Å²) in [6.45, 7) is 8.02. The van der Waals surface area contributed by atoms with Crippen molar-refractivity contribution >= 4 is 22.4 Å². The van der Waals surface area contributed by atoms with Crippen molar-refractivity contribution in [3.8, 4) is 0 Å². The van der Waals surface area contributed by atoms with E-state index in [2.05, 4.69) is 5.32 Å². The van der Waals surface area contributed by atoms with Crippen molar-refractivity contribution in [3.63, 3.8) is 0 Å². The van der Waals surface area contributed by atoms with Crippen LogP contribution >= 0.6 is 12.4 Å². The molecule has 5 nitrogen and oxygen atoms in total. The highest BCUT2D eigenvalue weighted by molar-refractivity contribution is 7.89. The fourth-order valence-corrected chi connectivity index (χ4v) is 3.28. The molecule has 0 saturated carbocycles. The molecule has 1 aliphatic heterocycles. The molecule has 17 heavy (non-hydrogen) atoms. The summed E-state index contributed by atoms with van der Waals surface area (Å²) >= 11 is 0. The summed E-state index contributed by atoms with van der Waals surface area (Å²) < 4.78 is 30.9. The van der Waals surface area contributed by atoms with Gasteiger partial charge in [0.2, 0.25) is 10.0 Å². The van der Waals surface area contributed by atoms with Crippen molar-refractivity contribution in [2.45, 2.75) is 32.9 Å². The Hall–Kier alpha value is 0.120. The Balaban J connectivity index is 0.00000256. The molecule has 1 heterocycles. The average Bonchev–Trinajstić information content (AvgIpc) is 2.17. The Bertz CT molecular complexity index is 309. The number of rotatable bonds is 5. The number of nitrogens with one attached hydrogen (secondary N) is 1. The summed E-state index contributed by atoms with van der Waals surface area (Å²) in [5.41, 5.74) is 0. The second kappa shape index (κ2) is 7.53. The van der Waals surface area contributed by atoms with E-state index in [1.807, 2.05) is 20.8 Å². The van der Waals surface area contributed by atoms with E-state index in [9.17, 15) is 8.42 Å². The van der Waals surface area contributed by atoms with Crippen LogP contribution in [0.5, 0.6) is 0 Å². The van der Waals surface area contributed by atoms with Crippen LogP contribution in [0.3, 0.4) is 0 Å². The van der Waals surface area contributed by atoms with E-state index in [-0.39, 0.29) is 36.9 Å². The van der Waals surface area contributed by atoms with Gasteiger partial charge in [0.15, 0.2) is 0 Å². The molecule has 0 bridgehead atoms. The highest BCUT2D eigenvalue weighted by Gasteiger charge is 2.28. The van der Waals surface area contributed by atoms with Crippen molar-refractivity contribution < 1.29 is 13.2 Å². The SMILES string of the molecule is CC(C)OCCS(=O)(=O)N1CCNCC1C.Cl. The second-order valence-electron chi connectivity index (χ2n) is 4.40. The maximum Gasteiger partial charge on any atom is 0.216 e. The van der Waals surface area contributed by atoms with Gasteiger partial charge in [0.05, 0.1) is 18.5 Å². The van der Waals surface area contributed by atoms with Gasteiger partial charge in [-0.1, -0.05) is 0 Å². The van der Waals surface area contributed by atoms with E-state index >= 15 is 0 Å². The van der Waals surface area contributed by atoms with Crippen molar-refractivity contribution in [1.82, 2.24) is 9.62 Å². The summed E-state index contributed by atoms with van der Waals surface area (Å²) in [5.74, 6) is 0.0789. The lowest BCUT2D eigenvalue weighted by Gasteiger charge is -2.32. The molecular formula is C10H23ClN2O3S. The summed E-state index contributed by atoms with van der Waals surface area (Å²) in [6, 6.07) is 0.0396. The largest absolute Gasteiger partial charge is 0.378 e. The van der Waals surface area contributed by atoms with E-state index in [1.165, 1.54) is 0 Å². The average molecular weight is 287 g/mol. The van der Waals surface area contributed by atoms with Crippen LogP contribution in [0.1, 0.15) is 20.8 Å². The number of sulfonamides is 1. The zero-order valence-corrected chi connectivity index (χ0v) is 12.3. The molecule has 0 aliphatic carbocycles. The Morgan fingerprint density at radius 3 is 2.65 bits per heavy atom. The van der Waals surface area contributed by atoms with Crippen LogP contribution in [0.25, 0.3) is 0 Å². The lowest BCUT2D eigenvalue weighted by molar-refractivity contribution is 0.0904. The maximum atomic E-state index is 12.0. The molecule has 1 unspecified atom stereocenters. The zero-order valence-electron chi connectivity index (χ0n) is 10.7. The quantitative estimate of drug-likeness (QED) is 0.798. The van der Waals surface area contributed by atoms with Crippen molar-refractivity contribution in [1.29, 1.82) is 0 Å². The van der Waals surface area contributed by atoms with Crippen molar-refractivity contribution in [2.24, 2.45) is 0 Å². The third kappa shape index (κ3) is 5.52. The van der Waals surface area contributed by atoms with E-state index in [0.717, 1.165) is 13.1 Å². The minimum Gasteiger partial charge on any atom is -0.378 e. The zero-order chi connectivity index (χ0) is 12.2. The molecule has 0 aromatic rings. The number of hydrogen-bond acceptors (Lipinski definition) is 4. The Labute approximate surface area is 110 Å². The lowest BCUT2D eigenvalue weighted by Crippen LogP contribution is -2.53. The lowest BCUT2D eigenvalue weighted by atomic mass is 10.3. The Morgan fingerprint density at radius 2 is 2.12 bits per heavy atom. The van der Waals surface area contributed by atoms with Gasteiger partial charge in [-0.2, -0.15) is 4.31 Å². The molecule has 0 spiro atoms. The number of hydrogen-bond donors (Lipinski definition) is 1. The molecule has 1 N–H and O–H groups in total. The molecule has 1 rings (SSSR count). The fourth-order valence-electron chi connectivity index (χ4n) is 1.74. The molecule has 104 valence electrons. The first-order chi connectivity index (χ1) is 7.43. The summed E-state index contributed by atoms with van der Waals surface area (Å²) in [5, 5.41) is 3.17. The van der Waals surface area contributed by atoms with Crippen LogP contribution in [0.4, 0.5) is 0 Å². The Morgan fingerprint density at radius 1 is 1.47 bits per heavy atom. The smallest absolute Gasteiger partial charge is 0.216 e. The maximum absolute atomic E-state index is 12.0. The first-order valence-corrected chi connectivity index (χ1v) is 7.36. The van der Waals surface area contributed by atoms with Gasteiger partial charge in [0.25, 0.3) is 0 Å². The minimum absolute atomic E-state index is 0. The molecule has 0 amide bonds. The molecule has 0 radical (unpaired) electrons. The standard InChI is InChI=1S/C10H22N2O3S.ClH/c1-9(2)15-6-7-16(13,14)12-5-4-11-8-10(12)3;/h9-11H,4-8H2,1-3H3;1H. The fraction of sp³-hybridized carbons (Fsp3) is 1.00. The summed E-state index contributed by atoms with van der Waals surface area (Å²) in [4.78, 5) is 0. The van der Waals surface area contributed by atoms with Gasteiger partial charge in [-0.3, -0.25) is 0 Å². The van der Waals surface area contributed by atoms with E-state index in [0.29, 0.717) is 6.54 Å². The molecule has 7 heteroatoms. The molecule has 0 aromatic heterocycles. The van der Waals surface area contributed by atoms with E-state index < -0.39 is 10.0 Å². The Kier molecular flexibility index (Phi) is 7.58. The van der Waals surface area contributed by atoms with Crippen LogP contribution in [-0.2, 0) is 14.8 Å². The third-order valence-corrected chi connectivity index (χ3v) is 4.53. The predicted molar refractivity (Wildman–Crippen MR) is 71.2 cm³/mol. The van der Waals surface area contributed by atoms with E-state index in [4.69, 9.17) is 4.74 Å². The minimum atomic E-state index is -3.16. The molecule has 1 fully saturated rings.